The molecule has 1 aliphatic rings. The van der Waals surface area contributed by atoms with Gasteiger partial charge in [0, 0.05) is 37.3 Å². The van der Waals surface area contributed by atoms with Gasteiger partial charge in [-0.25, -0.2) is 4.98 Å². The lowest BCUT2D eigenvalue weighted by molar-refractivity contribution is -0.0335. The summed E-state index contributed by atoms with van der Waals surface area (Å²) in [7, 11) is 0. The molecule has 0 spiro atoms. The van der Waals surface area contributed by atoms with Gasteiger partial charge in [0.1, 0.15) is 11.1 Å². The SMILES string of the molecule is c1csc(-c2cc(CN3CCO[C@@H](c4nccs4)C3)no2)c1. The highest BCUT2D eigenvalue weighted by molar-refractivity contribution is 7.13. The molecule has 0 aromatic carbocycles. The maximum absolute atomic E-state index is 5.82. The summed E-state index contributed by atoms with van der Waals surface area (Å²) in [6, 6.07) is 6.09. The Bertz CT molecular complexity index is 709. The van der Waals surface area contributed by atoms with Crippen molar-refractivity contribution in [3.8, 4) is 10.6 Å². The third-order valence-corrected chi connectivity index (χ3v) is 5.34. The van der Waals surface area contributed by atoms with Gasteiger partial charge in [0.2, 0.25) is 0 Å². The second kappa shape index (κ2) is 6.29. The molecule has 3 aromatic heterocycles. The van der Waals surface area contributed by atoms with Crippen LogP contribution < -0.4 is 0 Å². The number of ether oxygens (including phenoxy) is 1. The number of hydrogen-bond donors (Lipinski definition) is 0. The first-order valence-corrected chi connectivity index (χ1v) is 8.87. The van der Waals surface area contributed by atoms with Crippen molar-refractivity contribution in [1.82, 2.24) is 15.0 Å². The van der Waals surface area contributed by atoms with E-state index in [-0.39, 0.29) is 6.10 Å². The van der Waals surface area contributed by atoms with Crippen molar-refractivity contribution in [1.29, 1.82) is 0 Å². The Hall–Kier alpha value is -1.54. The van der Waals surface area contributed by atoms with E-state index < -0.39 is 0 Å². The molecule has 3 aromatic rings. The molecule has 0 saturated carbocycles. The summed E-state index contributed by atoms with van der Waals surface area (Å²) in [5, 5.41) is 9.26. The van der Waals surface area contributed by atoms with Gasteiger partial charge in [-0.2, -0.15) is 0 Å². The highest BCUT2D eigenvalue weighted by Gasteiger charge is 2.24. The second-order valence-electron chi connectivity index (χ2n) is 5.12. The Labute approximate surface area is 136 Å². The molecule has 1 saturated heterocycles. The van der Waals surface area contributed by atoms with Crippen molar-refractivity contribution >= 4 is 22.7 Å². The number of nitrogens with zero attached hydrogens (tertiary/aromatic N) is 3. The largest absolute Gasteiger partial charge is 0.368 e. The Kier molecular flexibility index (Phi) is 4.03. The van der Waals surface area contributed by atoms with E-state index in [2.05, 4.69) is 15.0 Å². The lowest BCUT2D eigenvalue weighted by Crippen LogP contribution is -2.37. The quantitative estimate of drug-likeness (QED) is 0.732. The smallest absolute Gasteiger partial charge is 0.177 e. The fourth-order valence-electron chi connectivity index (χ4n) is 2.54. The van der Waals surface area contributed by atoms with Crippen LogP contribution in [0.3, 0.4) is 0 Å². The van der Waals surface area contributed by atoms with E-state index >= 15 is 0 Å². The summed E-state index contributed by atoms with van der Waals surface area (Å²) < 4.78 is 11.3. The second-order valence-corrected chi connectivity index (χ2v) is 7.00. The molecular formula is C15H15N3O2S2. The highest BCUT2D eigenvalue weighted by Crippen LogP contribution is 2.27. The molecule has 0 amide bonds. The summed E-state index contributed by atoms with van der Waals surface area (Å²) in [5.74, 6) is 0.842. The van der Waals surface area contributed by atoms with E-state index in [0.29, 0.717) is 0 Å². The van der Waals surface area contributed by atoms with Crippen LogP contribution in [0.25, 0.3) is 10.6 Å². The average Bonchev–Trinajstić information content (AvgIpc) is 3.29. The van der Waals surface area contributed by atoms with Crippen molar-refractivity contribution in [3.63, 3.8) is 0 Å². The molecule has 0 radical (unpaired) electrons. The van der Waals surface area contributed by atoms with Crippen molar-refractivity contribution in [2.45, 2.75) is 12.6 Å². The highest BCUT2D eigenvalue weighted by atomic mass is 32.1. The zero-order valence-electron chi connectivity index (χ0n) is 11.8. The predicted molar refractivity (Wildman–Crippen MR) is 85.9 cm³/mol. The molecule has 7 heteroatoms. The maximum Gasteiger partial charge on any atom is 0.177 e. The van der Waals surface area contributed by atoms with Crippen LogP contribution in [0.5, 0.6) is 0 Å². The Morgan fingerprint density at radius 3 is 3.14 bits per heavy atom. The van der Waals surface area contributed by atoms with Crippen molar-refractivity contribution < 1.29 is 9.26 Å². The fraction of sp³-hybridized carbons (Fsp3) is 0.333. The molecule has 4 heterocycles. The summed E-state index contributed by atoms with van der Waals surface area (Å²) in [4.78, 5) is 7.80. The van der Waals surface area contributed by atoms with E-state index in [1.165, 1.54) is 0 Å². The molecule has 1 fully saturated rings. The topological polar surface area (TPSA) is 51.4 Å². The molecule has 5 nitrogen and oxygen atoms in total. The van der Waals surface area contributed by atoms with Crippen molar-refractivity contribution in [2.75, 3.05) is 19.7 Å². The molecule has 4 rings (SSSR count). The zero-order chi connectivity index (χ0) is 14.8. The molecule has 114 valence electrons. The van der Waals surface area contributed by atoms with Crippen LogP contribution in [0.15, 0.2) is 39.7 Å². The standard InChI is InChI=1S/C15H15N3O2S2/c1-2-14(21-6-1)12-8-11(17-20-12)9-18-4-5-19-13(10-18)15-16-3-7-22-15/h1-3,6-8,13H,4-5,9-10H2/t13-/m1/s1. The van der Waals surface area contributed by atoms with Crippen LogP contribution in [-0.2, 0) is 11.3 Å². The summed E-state index contributed by atoms with van der Waals surface area (Å²) in [5.41, 5.74) is 0.961. The van der Waals surface area contributed by atoms with Crippen LogP contribution >= 0.6 is 22.7 Å². The molecular weight excluding hydrogens is 318 g/mol. The fourth-order valence-corrected chi connectivity index (χ4v) is 3.89. The molecule has 0 unspecified atom stereocenters. The van der Waals surface area contributed by atoms with Gasteiger partial charge >= 0.3 is 0 Å². The Morgan fingerprint density at radius 2 is 2.32 bits per heavy atom. The Balaban J connectivity index is 1.43. The van der Waals surface area contributed by atoms with Gasteiger partial charge in [0.15, 0.2) is 5.76 Å². The first kappa shape index (κ1) is 14.1. The molecule has 0 aliphatic carbocycles. The summed E-state index contributed by atoms with van der Waals surface area (Å²) in [6.45, 7) is 3.25. The van der Waals surface area contributed by atoms with Gasteiger partial charge in [-0.3, -0.25) is 4.90 Å². The van der Waals surface area contributed by atoms with Gasteiger partial charge < -0.3 is 9.26 Å². The molecule has 1 aliphatic heterocycles. The van der Waals surface area contributed by atoms with Crippen molar-refractivity contribution in [2.24, 2.45) is 0 Å². The van der Waals surface area contributed by atoms with Crippen molar-refractivity contribution in [3.05, 3.63) is 45.9 Å². The minimum atomic E-state index is 0.0671. The van der Waals surface area contributed by atoms with Crippen LogP contribution in [0.2, 0.25) is 0 Å². The zero-order valence-corrected chi connectivity index (χ0v) is 13.5. The third kappa shape index (κ3) is 2.98. The van der Waals surface area contributed by atoms with Crippen LogP contribution in [0.4, 0.5) is 0 Å². The number of aromatic nitrogens is 2. The number of thiophene rings is 1. The number of morpholine rings is 1. The van der Waals surface area contributed by atoms with Crippen LogP contribution in [-0.4, -0.2) is 34.7 Å². The van der Waals surface area contributed by atoms with Gasteiger partial charge in [0.25, 0.3) is 0 Å². The lowest BCUT2D eigenvalue weighted by atomic mass is 10.2. The van der Waals surface area contributed by atoms with E-state index in [0.717, 1.165) is 47.6 Å². The average molecular weight is 333 g/mol. The van der Waals surface area contributed by atoms with Gasteiger partial charge in [0.05, 0.1) is 17.2 Å². The lowest BCUT2D eigenvalue weighted by Gasteiger charge is -2.31. The Morgan fingerprint density at radius 1 is 1.32 bits per heavy atom. The monoisotopic (exact) mass is 333 g/mol. The molecule has 0 N–H and O–H groups in total. The first-order chi connectivity index (χ1) is 10.9. The number of hydrogen-bond acceptors (Lipinski definition) is 7. The third-order valence-electron chi connectivity index (χ3n) is 3.59. The number of thiazole rings is 1. The minimum absolute atomic E-state index is 0.0671. The van der Waals surface area contributed by atoms with Gasteiger partial charge in [-0.1, -0.05) is 11.2 Å². The van der Waals surface area contributed by atoms with Gasteiger partial charge in [-0.05, 0) is 11.4 Å². The minimum Gasteiger partial charge on any atom is -0.368 e. The normalized spacial score (nSPS) is 19.5. The first-order valence-electron chi connectivity index (χ1n) is 7.11. The van der Waals surface area contributed by atoms with Crippen LogP contribution in [0, 0.1) is 0 Å². The van der Waals surface area contributed by atoms with Gasteiger partial charge in [-0.15, -0.1) is 22.7 Å². The maximum atomic E-state index is 5.82. The van der Waals surface area contributed by atoms with E-state index in [1.54, 1.807) is 22.7 Å². The molecule has 22 heavy (non-hydrogen) atoms. The van der Waals surface area contributed by atoms with Crippen LogP contribution in [0.1, 0.15) is 16.8 Å². The predicted octanol–water partition coefficient (Wildman–Crippen LogP) is 3.43. The molecule has 1 atom stereocenters. The van der Waals surface area contributed by atoms with E-state index in [4.69, 9.17) is 9.26 Å². The summed E-state index contributed by atoms with van der Waals surface area (Å²) >= 11 is 3.30. The van der Waals surface area contributed by atoms with E-state index in [9.17, 15) is 0 Å². The van der Waals surface area contributed by atoms with E-state index in [1.807, 2.05) is 35.2 Å². The number of rotatable bonds is 4. The molecule has 0 bridgehead atoms. The summed E-state index contributed by atoms with van der Waals surface area (Å²) in [6.07, 6.45) is 1.89.